The van der Waals surface area contributed by atoms with E-state index in [-0.39, 0.29) is 12.1 Å². The molecular formula is C24H24N6O. The molecule has 2 aromatic carbocycles. The molecule has 0 amide bonds. The monoisotopic (exact) mass is 412 g/mol. The third-order valence-electron chi connectivity index (χ3n) is 6.25. The number of aromatic nitrogens is 3. The fourth-order valence-corrected chi connectivity index (χ4v) is 4.76. The zero-order valence-electron chi connectivity index (χ0n) is 17.1. The van der Waals surface area contributed by atoms with Crippen LogP contribution in [0.1, 0.15) is 41.0 Å². The number of H-pyrrole nitrogens is 1. The Hall–Kier alpha value is -3.42. The fraction of sp³-hybridized carbons (Fsp3) is 0.250. The largest absolute Gasteiger partial charge is 0.398 e. The van der Waals surface area contributed by atoms with Crippen molar-refractivity contribution in [1.82, 2.24) is 20.3 Å². The normalized spacial score (nSPS) is 20.8. The molecule has 4 heterocycles. The van der Waals surface area contributed by atoms with Gasteiger partial charge in [0.05, 0.1) is 24.1 Å². The van der Waals surface area contributed by atoms with Gasteiger partial charge in [0.1, 0.15) is 5.65 Å². The van der Waals surface area contributed by atoms with Gasteiger partial charge in [0.25, 0.3) is 0 Å². The van der Waals surface area contributed by atoms with Crippen molar-refractivity contribution in [3.63, 3.8) is 0 Å². The third kappa shape index (κ3) is 3.05. The van der Waals surface area contributed by atoms with Crippen molar-refractivity contribution in [2.75, 3.05) is 23.9 Å². The number of rotatable bonds is 3. The zero-order chi connectivity index (χ0) is 20.8. The number of fused-ring (bicyclic) bond motifs is 2. The number of nitrogens with two attached hydrogens (primary N) is 1. The lowest BCUT2D eigenvalue weighted by Crippen LogP contribution is -2.33. The van der Waals surface area contributed by atoms with Gasteiger partial charge in [-0.3, -0.25) is 4.84 Å². The Labute approximate surface area is 180 Å². The molecule has 1 saturated heterocycles. The molecule has 0 spiro atoms. The van der Waals surface area contributed by atoms with Crippen LogP contribution in [0.5, 0.6) is 0 Å². The molecule has 2 unspecified atom stereocenters. The first-order valence-electron chi connectivity index (χ1n) is 10.7. The van der Waals surface area contributed by atoms with Crippen LogP contribution in [0.2, 0.25) is 0 Å². The smallest absolute Gasteiger partial charge is 0.166 e. The van der Waals surface area contributed by atoms with Gasteiger partial charge < -0.3 is 16.0 Å². The van der Waals surface area contributed by atoms with Crippen molar-refractivity contribution >= 4 is 22.5 Å². The minimum Gasteiger partial charge on any atom is -0.398 e. The molecule has 0 bridgehead atoms. The fourth-order valence-electron chi connectivity index (χ4n) is 4.76. The number of anilines is 2. The average molecular weight is 412 g/mol. The number of nitrogen functional groups attached to an aromatic ring is 1. The van der Waals surface area contributed by atoms with Crippen LogP contribution in [0.3, 0.4) is 0 Å². The molecule has 0 radical (unpaired) electrons. The number of nitrogens with zero attached hydrogens (tertiary/aromatic N) is 3. The second-order valence-corrected chi connectivity index (χ2v) is 8.07. The molecule has 4 aromatic rings. The number of nitrogens with one attached hydrogen (secondary N) is 2. The van der Waals surface area contributed by atoms with E-state index in [0.29, 0.717) is 6.61 Å². The quantitative estimate of drug-likeness (QED) is 0.445. The summed E-state index contributed by atoms with van der Waals surface area (Å²) in [7, 11) is 0. The molecule has 2 aromatic heterocycles. The molecule has 2 atom stereocenters. The maximum Gasteiger partial charge on any atom is 0.166 e. The summed E-state index contributed by atoms with van der Waals surface area (Å²) in [4.78, 5) is 19.3. The van der Waals surface area contributed by atoms with Gasteiger partial charge in [-0.2, -0.15) is 0 Å². The van der Waals surface area contributed by atoms with E-state index in [0.717, 1.165) is 53.3 Å². The number of hydroxylamine groups is 1. The van der Waals surface area contributed by atoms with Crippen molar-refractivity contribution in [2.45, 2.75) is 24.9 Å². The minimum absolute atomic E-state index is 0.114. The first kappa shape index (κ1) is 18.4. The van der Waals surface area contributed by atoms with Gasteiger partial charge >= 0.3 is 0 Å². The highest BCUT2D eigenvalue weighted by atomic mass is 16.7. The molecule has 31 heavy (non-hydrogen) atoms. The van der Waals surface area contributed by atoms with Gasteiger partial charge in [-0.05, 0) is 35.2 Å². The number of hydrogen-bond acceptors (Lipinski definition) is 6. The van der Waals surface area contributed by atoms with Crippen LogP contribution in [0.15, 0.2) is 60.8 Å². The van der Waals surface area contributed by atoms with Crippen LogP contribution in [0.4, 0.5) is 11.5 Å². The number of aromatic amines is 1. The highest BCUT2D eigenvalue weighted by Gasteiger charge is 2.32. The van der Waals surface area contributed by atoms with E-state index < -0.39 is 0 Å². The maximum absolute atomic E-state index is 6.26. The van der Waals surface area contributed by atoms with Crippen molar-refractivity contribution in [1.29, 1.82) is 0 Å². The summed E-state index contributed by atoms with van der Waals surface area (Å²) in [6.07, 6.45) is 3.72. The standard InChI is InChI=1S/C24H24N6O/c25-19-8-4-7-17-16(19)9-12-26-21(17)23-28-22-18(10-13-27-22)24(29-23)30-20(11-14-31-30)15-5-2-1-3-6-15/h1-8,10,13,20-21,26H,9,11-12,14,25H2,(H,27,28,29). The van der Waals surface area contributed by atoms with Crippen LogP contribution in [0, 0.1) is 0 Å². The highest BCUT2D eigenvalue weighted by molar-refractivity contribution is 5.87. The van der Waals surface area contributed by atoms with Gasteiger partial charge in [0.15, 0.2) is 11.6 Å². The Bertz CT molecular complexity index is 1240. The van der Waals surface area contributed by atoms with Crippen molar-refractivity contribution in [2.24, 2.45) is 0 Å². The predicted octanol–water partition coefficient (Wildman–Crippen LogP) is 3.66. The van der Waals surface area contributed by atoms with Crippen LogP contribution >= 0.6 is 0 Å². The Kier molecular flexibility index (Phi) is 4.36. The SMILES string of the molecule is Nc1cccc2c1CCNC2c1nc(N2OCCC2c2ccccc2)c2cc[nH]c2n1. The Morgan fingerprint density at radius 1 is 1.03 bits per heavy atom. The second-order valence-electron chi connectivity index (χ2n) is 8.07. The molecule has 0 aliphatic carbocycles. The molecule has 4 N–H and O–H groups in total. The Morgan fingerprint density at radius 2 is 1.94 bits per heavy atom. The summed E-state index contributed by atoms with van der Waals surface area (Å²) < 4.78 is 0. The van der Waals surface area contributed by atoms with Crippen molar-refractivity contribution < 1.29 is 4.84 Å². The van der Waals surface area contributed by atoms with Crippen LogP contribution in [-0.2, 0) is 11.3 Å². The van der Waals surface area contributed by atoms with Gasteiger partial charge in [-0.25, -0.2) is 15.0 Å². The van der Waals surface area contributed by atoms with Crippen LogP contribution in [0.25, 0.3) is 11.0 Å². The molecule has 0 saturated carbocycles. The first-order valence-corrected chi connectivity index (χ1v) is 10.7. The predicted molar refractivity (Wildman–Crippen MR) is 121 cm³/mol. The lowest BCUT2D eigenvalue weighted by atomic mass is 9.92. The summed E-state index contributed by atoms with van der Waals surface area (Å²) in [5.74, 6) is 1.52. The maximum atomic E-state index is 6.26. The van der Waals surface area contributed by atoms with Crippen molar-refractivity contribution in [3.8, 4) is 0 Å². The van der Waals surface area contributed by atoms with Crippen molar-refractivity contribution in [3.05, 3.63) is 83.3 Å². The highest BCUT2D eigenvalue weighted by Crippen LogP contribution is 2.38. The summed E-state index contributed by atoms with van der Waals surface area (Å²) in [6, 6.07) is 18.5. The lowest BCUT2D eigenvalue weighted by Gasteiger charge is -2.29. The summed E-state index contributed by atoms with van der Waals surface area (Å²) >= 11 is 0. The Balaban J connectivity index is 1.48. The average Bonchev–Trinajstić information content (AvgIpc) is 3.49. The molecule has 7 nitrogen and oxygen atoms in total. The van der Waals surface area contributed by atoms with E-state index in [1.165, 1.54) is 11.1 Å². The van der Waals surface area contributed by atoms with Gasteiger partial charge in [-0.15, -0.1) is 0 Å². The summed E-state index contributed by atoms with van der Waals surface area (Å²) in [5.41, 5.74) is 11.4. The first-order chi connectivity index (χ1) is 15.3. The van der Waals surface area contributed by atoms with Crippen LogP contribution in [-0.4, -0.2) is 28.1 Å². The zero-order valence-corrected chi connectivity index (χ0v) is 17.1. The van der Waals surface area contributed by atoms with E-state index in [1.807, 2.05) is 35.5 Å². The lowest BCUT2D eigenvalue weighted by molar-refractivity contribution is 0.157. The van der Waals surface area contributed by atoms with Gasteiger partial charge in [-0.1, -0.05) is 42.5 Å². The number of benzene rings is 2. The topological polar surface area (TPSA) is 92.1 Å². The Morgan fingerprint density at radius 3 is 2.84 bits per heavy atom. The molecular weight excluding hydrogens is 388 g/mol. The van der Waals surface area contributed by atoms with E-state index in [9.17, 15) is 0 Å². The molecule has 156 valence electrons. The van der Waals surface area contributed by atoms with E-state index in [2.05, 4.69) is 40.6 Å². The summed E-state index contributed by atoms with van der Waals surface area (Å²) in [6.45, 7) is 1.49. The van der Waals surface area contributed by atoms with E-state index in [4.69, 9.17) is 20.5 Å². The van der Waals surface area contributed by atoms with E-state index in [1.54, 1.807) is 0 Å². The molecule has 1 fully saturated rings. The van der Waals surface area contributed by atoms with E-state index >= 15 is 0 Å². The molecule has 7 heteroatoms. The third-order valence-corrected chi connectivity index (χ3v) is 6.25. The molecule has 2 aliphatic rings. The van der Waals surface area contributed by atoms with Gasteiger partial charge in [0, 0.05) is 24.8 Å². The molecule has 6 rings (SSSR count). The van der Waals surface area contributed by atoms with Gasteiger partial charge in [0.2, 0.25) is 0 Å². The number of hydrogen-bond donors (Lipinski definition) is 3. The second kappa shape index (κ2) is 7.37. The summed E-state index contributed by atoms with van der Waals surface area (Å²) in [5, 5.41) is 6.49. The minimum atomic E-state index is -0.114. The molecule has 2 aliphatic heterocycles. The van der Waals surface area contributed by atoms with Crippen LogP contribution < -0.4 is 16.1 Å².